The molecule has 190 valence electrons. The summed E-state index contributed by atoms with van der Waals surface area (Å²) in [5, 5.41) is 17.2. The molecule has 1 aliphatic heterocycles. The number of nitrogens with one attached hydrogen (secondary N) is 2. The van der Waals surface area contributed by atoms with Gasteiger partial charge in [0.25, 0.3) is 0 Å². The van der Waals surface area contributed by atoms with Crippen LogP contribution in [0, 0.1) is 11.2 Å². The van der Waals surface area contributed by atoms with E-state index in [1.54, 1.807) is 24.3 Å². The highest BCUT2D eigenvalue weighted by molar-refractivity contribution is 6.01. The van der Waals surface area contributed by atoms with Crippen LogP contribution in [-0.4, -0.2) is 10.9 Å². The number of Topliss-reactive ketones (excluding diaryl/α,β-unsaturated/α-hetero) is 1. The molecule has 0 saturated heterocycles. The topological polar surface area (TPSA) is 70.6 Å². The van der Waals surface area contributed by atoms with E-state index in [2.05, 4.69) is 22.8 Å². The number of allylic oxidation sites excluding steroid dienone is 1. The van der Waals surface area contributed by atoms with Crippen molar-refractivity contribution < 1.29 is 19.0 Å². The molecule has 37 heavy (non-hydrogen) atoms. The number of fused-ring (bicyclic) bond motifs is 2. The van der Waals surface area contributed by atoms with Gasteiger partial charge in [-0.3, -0.25) is 4.79 Å². The number of phenolic OH excluding ortho intramolecular Hbond substituents is 1. The molecule has 6 rings (SSSR count). The SMILES string of the molecule is CC1(C)CC(=O)C2=C(C1)Nc1c(O)cccc1NC2c1ccc(O[C@@H]2CCCc3ccccc32)cc1F. The maximum absolute atomic E-state index is 15.8. The van der Waals surface area contributed by atoms with Gasteiger partial charge in [0.1, 0.15) is 29.1 Å². The minimum absolute atomic E-state index is 0.0258. The monoisotopic (exact) mass is 498 g/mol. The predicted molar refractivity (Wildman–Crippen MR) is 142 cm³/mol. The molecule has 2 atom stereocenters. The maximum Gasteiger partial charge on any atom is 0.163 e. The number of para-hydroxylation sites is 1. The first-order chi connectivity index (χ1) is 17.8. The lowest BCUT2D eigenvalue weighted by Gasteiger charge is -2.34. The van der Waals surface area contributed by atoms with Gasteiger partial charge in [0.15, 0.2) is 5.78 Å². The average molecular weight is 499 g/mol. The van der Waals surface area contributed by atoms with E-state index in [9.17, 15) is 9.90 Å². The Labute approximate surface area is 216 Å². The number of aryl methyl sites for hydroxylation is 1. The molecular weight excluding hydrogens is 467 g/mol. The van der Waals surface area contributed by atoms with Gasteiger partial charge in [0, 0.05) is 29.3 Å². The van der Waals surface area contributed by atoms with Crippen LogP contribution in [0.15, 0.2) is 71.9 Å². The first-order valence-electron chi connectivity index (χ1n) is 12.9. The zero-order chi connectivity index (χ0) is 25.7. The third-order valence-corrected chi connectivity index (χ3v) is 7.70. The Morgan fingerprint density at radius 1 is 1.03 bits per heavy atom. The maximum atomic E-state index is 15.8. The summed E-state index contributed by atoms with van der Waals surface area (Å²) in [6.07, 6.45) is 3.83. The van der Waals surface area contributed by atoms with E-state index in [0.717, 1.165) is 30.5 Å². The van der Waals surface area contributed by atoms with Gasteiger partial charge >= 0.3 is 0 Å². The van der Waals surface area contributed by atoms with Crippen molar-refractivity contribution in [3.05, 3.63) is 94.4 Å². The summed E-state index contributed by atoms with van der Waals surface area (Å²) in [5.41, 5.74) is 4.93. The van der Waals surface area contributed by atoms with E-state index in [1.165, 1.54) is 11.6 Å². The Kier molecular flexibility index (Phi) is 5.70. The highest BCUT2D eigenvalue weighted by Crippen LogP contribution is 2.48. The molecule has 0 fully saturated rings. The summed E-state index contributed by atoms with van der Waals surface area (Å²) in [7, 11) is 0. The molecule has 3 aromatic carbocycles. The second-order valence-corrected chi connectivity index (χ2v) is 11.1. The molecule has 1 unspecified atom stereocenters. The Morgan fingerprint density at radius 3 is 2.70 bits per heavy atom. The molecule has 1 heterocycles. The molecule has 0 amide bonds. The number of anilines is 2. The fourth-order valence-corrected chi connectivity index (χ4v) is 6.00. The molecule has 3 N–H and O–H groups in total. The van der Waals surface area contributed by atoms with Crippen molar-refractivity contribution in [1.82, 2.24) is 0 Å². The lowest BCUT2D eigenvalue weighted by Crippen LogP contribution is -2.31. The second-order valence-electron chi connectivity index (χ2n) is 11.1. The lowest BCUT2D eigenvalue weighted by atomic mass is 9.73. The number of rotatable bonds is 3. The van der Waals surface area contributed by atoms with Gasteiger partial charge in [0.2, 0.25) is 0 Å². The molecule has 0 saturated carbocycles. The summed E-state index contributed by atoms with van der Waals surface area (Å²) in [4.78, 5) is 13.4. The van der Waals surface area contributed by atoms with Crippen LogP contribution in [0.2, 0.25) is 0 Å². The highest BCUT2D eigenvalue weighted by Gasteiger charge is 2.40. The number of halogens is 1. The number of ether oxygens (including phenoxy) is 1. The average Bonchev–Trinajstić information content (AvgIpc) is 3.01. The molecule has 3 aliphatic rings. The van der Waals surface area contributed by atoms with Crippen LogP contribution in [0.5, 0.6) is 11.5 Å². The summed E-state index contributed by atoms with van der Waals surface area (Å²) in [5.74, 6) is 0.0811. The van der Waals surface area contributed by atoms with Crippen molar-refractivity contribution in [3.63, 3.8) is 0 Å². The van der Waals surface area contributed by atoms with Gasteiger partial charge in [-0.05, 0) is 66.5 Å². The van der Waals surface area contributed by atoms with Gasteiger partial charge in [-0.25, -0.2) is 4.39 Å². The van der Waals surface area contributed by atoms with Gasteiger partial charge in [-0.2, -0.15) is 0 Å². The molecule has 6 heteroatoms. The quantitative estimate of drug-likeness (QED) is 0.333. The van der Waals surface area contributed by atoms with E-state index < -0.39 is 11.9 Å². The third kappa shape index (κ3) is 4.35. The van der Waals surface area contributed by atoms with Crippen LogP contribution in [-0.2, 0) is 11.2 Å². The summed E-state index contributed by atoms with van der Waals surface area (Å²) in [6.45, 7) is 4.09. The third-order valence-electron chi connectivity index (χ3n) is 7.70. The van der Waals surface area contributed by atoms with Crippen molar-refractivity contribution in [1.29, 1.82) is 0 Å². The highest BCUT2D eigenvalue weighted by atomic mass is 19.1. The number of carbonyl (C=O) groups is 1. The van der Waals surface area contributed by atoms with Crippen LogP contribution in [0.25, 0.3) is 0 Å². The Bertz CT molecular complexity index is 1430. The van der Waals surface area contributed by atoms with Gasteiger partial charge in [-0.15, -0.1) is 0 Å². The first-order valence-corrected chi connectivity index (χ1v) is 12.9. The summed E-state index contributed by atoms with van der Waals surface area (Å²) in [6, 6.07) is 17.6. The molecular formula is C31H31FN2O3. The number of hydrogen-bond donors (Lipinski definition) is 3. The fourth-order valence-electron chi connectivity index (χ4n) is 6.00. The fraction of sp³-hybridized carbons (Fsp3) is 0.323. The van der Waals surface area contributed by atoms with Gasteiger partial charge in [0.05, 0.1) is 11.7 Å². The number of phenols is 1. The number of benzene rings is 3. The molecule has 0 bridgehead atoms. The molecule has 0 aromatic heterocycles. The standard InChI is InChI=1S/C31H31FN2O3/c1-31(2)16-24-28(26(36)17-31)29(33-23-10-6-11-25(35)30(23)34-24)21-14-13-19(15-22(21)32)37-27-12-5-8-18-7-3-4-9-20(18)27/h3-4,6-7,9-11,13-15,27,29,33-35H,5,8,12,16-17H2,1-2H3/t27-,29?/m1/s1. The van der Waals surface area contributed by atoms with Crippen molar-refractivity contribution in [3.8, 4) is 11.5 Å². The van der Waals surface area contributed by atoms with Crippen molar-refractivity contribution >= 4 is 17.2 Å². The minimum atomic E-state index is -0.696. The Balaban J connectivity index is 1.37. The summed E-state index contributed by atoms with van der Waals surface area (Å²) >= 11 is 0. The lowest BCUT2D eigenvalue weighted by molar-refractivity contribution is -0.118. The van der Waals surface area contributed by atoms with Crippen molar-refractivity contribution in [2.75, 3.05) is 10.6 Å². The number of hydrogen-bond acceptors (Lipinski definition) is 5. The van der Waals surface area contributed by atoms with E-state index >= 15 is 4.39 Å². The van der Waals surface area contributed by atoms with Crippen LogP contribution in [0.4, 0.5) is 15.8 Å². The van der Waals surface area contributed by atoms with Crippen LogP contribution in [0.1, 0.15) is 68.4 Å². The zero-order valence-electron chi connectivity index (χ0n) is 21.1. The van der Waals surface area contributed by atoms with E-state index in [1.807, 2.05) is 32.0 Å². The number of aromatic hydroxyl groups is 1. The van der Waals surface area contributed by atoms with Crippen molar-refractivity contribution in [2.24, 2.45) is 5.41 Å². The normalized spacial score (nSPS) is 22.1. The number of ketones is 1. The largest absolute Gasteiger partial charge is 0.506 e. The Morgan fingerprint density at radius 2 is 1.86 bits per heavy atom. The second kappa shape index (κ2) is 8.94. The zero-order valence-corrected chi connectivity index (χ0v) is 21.1. The van der Waals surface area contributed by atoms with Crippen LogP contribution < -0.4 is 15.4 Å². The van der Waals surface area contributed by atoms with Crippen molar-refractivity contribution in [2.45, 2.75) is 58.1 Å². The summed E-state index contributed by atoms with van der Waals surface area (Å²) < 4.78 is 22.1. The number of carbonyl (C=O) groups excluding carboxylic acids is 1. The van der Waals surface area contributed by atoms with Crippen LogP contribution >= 0.6 is 0 Å². The predicted octanol–water partition coefficient (Wildman–Crippen LogP) is 7.21. The van der Waals surface area contributed by atoms with Crippen LogP contribution in [0.3, 0.4) is 0 Å². The minimum Gasteiger partial charge on any atom is -0.506 e. The molecule has 0 spiro atoms. The Hall–Kier alpha value is -3.80. The molecule has 2 aliphatic carbocycles. The molecule has 3 aromatic rings. The van der Waals surface area contributed by atoms with Gasteiger partial charge < -0.3 is 20.5 Å². The molecule has 0 radical (unpaired) electrons. The van der Waals surface area contributed by atoms with E-state index in [-0.39, 0.29) is 23.1 Å². The van der Waals surface area contributed by atoms with Gasteiger partial charge in [-0.1, -0.05) is 44.2 Å². The smallest absolute Gasteiger partial charge is 0.163 e. The van der Waals surface area contributed by atoms with E-state index in [0.29, 0.717) is 41.1 Å². The first kappa shape index (κ1) is 23.6. The molecule has 5 nitrogen and oxygen atoms in total. The van der Waals surface area contributed by atoms with E-state index in [4.69, 9.17) is 4.74 Å².